The third-order valence-electron chi connectivity index (χ3n) is 1.93. The summed E-state index contributed by atoms with van der Waals surface area (Å²) in [6, 6.07) is 0. The molecule has 16 heavy (non-hydrogen) atoms. The Balaban J connectivity index is 0. The average molecular weight is 239 g/mol. The molecule has 0 aromatic heterocycles. The highest BCUT2D eigenvalue weighted by molar-refractivity contribution is 6.50. The van der Waals surface area contributed by atoms with E-state index in [1.54, 1.807) is 0 Å². The molecule has 94 valence electrons. The molecule has 0 radical (unpaired) electrons. The van der Waals surface area contributed by atoms with E-state index in [2.05, 4.69) is 36.3 Å². The molecule has 1 aliphatic heterocycles. The van der Waals surface area contributed by atoms with E-state index in [-0.39, 0.29) is 1.43 Å². The lowest BCUT2D eigenvalue weighted by atomic mass is 10.2. The van der Waals surface area contributed by atoms with Crippen molar-refractivity contribution < 1.29 is 18.7 Å². The van der Waals surface area contributed by atoms with Gasteiger partial charge in [0.15, 0.2) is 0 Å². The first-order valence-corrected chi connectivity index (χ1v) is 5.38. The second kappa shape index (κ2) is 8.24. The maximum atomic E-state index is 9.75. The van der Waals surface area contributed by atoms with Crippen molar-refractivity contribution in [2.45, 2.75) is 26.2 Å². The normalized spacial score (nSPS) is 14.7. The van der Waals surface area contributed by atoms with E-state index in [0.717, 1.165) is 6.54 Å². The van der Waals surface area contributed by atoms with Gasteiger partial charge in [0, 0.05) is 13.1 Å². The monoisotopic (exact) mass is 239 g/mol. The third-order valence-corrected chi connectivity index (χ3v) is 1.93. The van der Waals surface area contributed by atoms with Gasteiger partial charge in [-0.05, 0) is 18.7 Å². The first kappa shape index (κ1) is 15.1. The Morgan fingerprint density at radius 1 is 1.19 bits per heavy atom. The summed E-state index contributed by atoms with van der Waals surface area (Å²) >= 11 is 0. The predicted molar refractivity (Wildman–Crippen MR) is 60.7 cm³/mol. The number of nitrogens with zero attached hydrogens (tertiary/aromatic N) is 1. The van der Waals surface area contributed by atoms with Crippen LogP contribution in [-0.4, -0.2) is 25.2 Å². The lowest BCUT2D eigenvalue weighted by molar-refractivity contribution is 0.368. The van der Waals surface area contributed by atoms with Crippen molar-refractivity contribution in [1.29, 1.82) is 0 Å². The van der Waals surface area contributed by atoms with Crippen molar-refractivity contribution in [3.05, 3.63) is 24.4 Å². The maximum absolute atomic E-state index is 9.75. The van der Waals surface area contributed by atoms with Gasteiger partial charge in [-0.3, -0.25) is 0 Å². The molecular weight excluding hydrogens is 221 g/mol. The Morgan fingerprint density at radius 2 is 1.81 bits per heavy atom. The van der Waals surface area contributed by atoms with E-state index < -0.39 is 7.25 Å². The molecule has 0 fully saturated rings. The average Bonchev–Trinajstić information content (AvgIpc) is 2.17. The first-order chi connectivity index (χ1) is 7.43. The Kier molecular flexibility index (Phi) is 7.76. The summed E-state index contributed by atoms with van der Waals surface area (Å²) in [5.41, 5.74) is 0. The standard InChI is InChI=1S/C10H17N.BF4/c1-2-3-5-8-11-9-6-4-7-10-11;2-1(3,4)5/h4,6-7,9H,2-3,5,8,10H2,1H3;/q;-1/p+1. The smallest absolute Gasteiger partial charge is 0.418 e. The molecule has 1 aliphatic rings. The number of halogens is 4. The number of hydrogen-bond acceptors (Lipinski definition) is 1. The van der Waals surface area contributed by atoms with Gasteiger partial charge in [0.2, 0.25) is 0 Å². The highest BCUT2D eigenvalue weighted by Gasteiger charge is 2.20. The molecule has 0 saturated carbocycles. The topological polar surface area (TPSA) is 3.24 Å². The van der Waals surface area contributed by atoms with Crippen molar-refractivity contribution in [1.82, 2.24) is 4.90 Å². The zero-order chi connectivity index (χ0) is 12.4. The van der Waals surface area contributed by atoms with Gasteiger partial charge in [-0.15, -0.1) is 0 Å². The van der Waals surface area contributed by atoms with Crippen LogP contribution in [0.3, 0.4) is 0 Å². The van der Waals surface area contributed by atoms with Gasteiger partial charge in [-0.25, -0.2) is 0 Å². The zero-order valence-corrected chi connectivity index (χ0v) is 9.38. The number of rotatable bonds is 4. The van der Waals surface area contributed by atoms with E-state index in [1.165, 1.54) is 25.8 Å². The molecule has 0 bridgehead atoms. The number of unbranched alkanes of at least 4 members (excludes halogenated alkanes) is 2. The second-order valence-corrected chi connectivity index (χ2v) is 3.47. The van der Waals surface area contributed by atoms with Gasteiger partial charge in [0.1, 0.15) is 0 Å². The van der Waals surface area contributed by atoms with Crippen LogP contribution in [0.25, 0.3) is 0 Å². The van der Waals surface area contributed by atoms with E-state index in [0.29, 0.717) is 0 Å². The van der Waals surface area contributed by atoms with Gasteiger partial charge in [-0.2, -0.15) is 0 Å². The SMILES string of the molecule is CCCCCN1C=CC=CC1.F[B-](F)(F)F.[H+]. The largest absolute Gasteiger partial charge is 1.00 e. The van der Waals surface area contributed by atoms with Gasteiger partial charge in [0.05, 0.1) is 0 Å². The molecule has 0 unspecified atom stereocenters. The van der Waals surface area contributed by atoms with Crippen LogP contribution in [0.5, 0.6) is 0 Å². The van der Waals surface area contributed by atoms with Gasteiger partial charge in [-0.1, -0.05) is 31.9 Å². The molecule has 0 saturated heterocycles. The predicted octanol–water partition coefficient (Wildman–Crippen LogP) is 3.97. The maximum Gasteiger partial charge on any atom is 1.00 e. The molecular formula is C10H18BF4N. The fourth-order valence-corrected chi connectivity index (χ4v) is 1.24. The highest BCUT2D eigenvalue weighted by Crippen LogP contribution is 2.06. The van der Waals surface area contributed by atoms with Crippen molar-refractivity contribution >= 4 is 7.25 Å². The highest BCUT2D eigenvalue weighted by atomic mass is 19.5. The molecule has 0 aromatic rings. The van der Waals surface area contributed by atoms with Crippen molar-refractivity contribution in [3.8, 4) is 0 Å². The van der Waals surface area contributed by atoms with E-state index in [9.17, 15) is 17.3 Å². The minimum absolute atomic E-state index is 0. The fraction of sp³-hybridized carbons (Fsp3) is 0.600. The zero-order valence-electron chi connectivity index (χ0n) is 10.4. The summed E-state index contributed by atoms with van der Waals surface area (Å²) in [7, 11) is -6.00. The summed E-state index contributed by atoms with van der Waals surface area (Å²) in [5, 5.41) is 0. The van der Waals surface area contributed by atoms with Gasteiger partial charge < -0.3 is 22.2 Å². The molecule has 0 aromatic carbocycles. The van der Waals surface area contributed by atoms with Crippen LogP contribution >= 0.6 is 0 Å². The minimum Gasteiger partial charge on any atom is -0.418 e. The summed E-state index contributed by atoms with van der Waals surface area (Å²) in [4.78, 5) is 2.36. The first-order valence-electron chi connectivity index (χ1n) is 5.38. The molecule has 6 heteroatoms. The summed E-state index contributed by atoms with van der Waals surface area (Å²) in [5.74, 6) is 0. The molecule has 1 heterocycles. The fourth-order valence-electron chi connectivity index (χ4n) is 1.24. The molecule has 1 nitrogen and oxygen atoms in total. The molecule has 0 atom stereocenters. The van der Waals surface area contributed by atoms with Crippen LogP contribution in [0.4, 0.5) is 17.3 Å². The minimum atomic E-state index is -6.00. The third kappa shape index (κ3) is 13.1. The lowest BCUT2D eigenvalue weighted by Gasteiger charge is -2.19. The Hall–Kier alpha value is -0.935. The summed E-state index contributed by atoms with van der Waals surface area (Å²) in [6.07, 6.45) is 12.6. The molecule has 0 aliphatic carbocycles. The Labute approximate surface area is 95.4 Å². The molecule has 1 rings (SSSR count). The summed E-state index contributed by atoms with van der Waals surface area (Å²) < 4.78 is 39.0. The van der Waals surface area contributed by atoms with Gasteiger partial charge in [0.25, 0.3) is 0 Å². The number of hydrogen-bond donors (Lipinski definition) is 0. The summed E-state index contributed by atoms with van der Waals surface area (Å²) in [6.45, 7) is 4.56. The van der Waals surface area contributed by atoms with Crippen LogP contribution < -0.4 is 0 Å². The lowest BCUT2D eigenvalue weighted by Crippen LogP contribution is -2.19. The van der Waals surface area contributed by atoms with Gasteiger partial charge >= 0.3 is 8.68 Å². The van der Waals surface area contributed by atoms with Crippen LogP contribution in [0, 0.1) is 0 Å². The number of allylic oxidation sites excluding steroid dienone is 2. The van der Waals surface area contributed by atoms with Crippen molar-refractivity contribution in [3.63, 3.8) is 0 Å². The van der Waals surface area contributed by atoms with E-state index in [1.807, 2.05) is 0 Å². The van der Waals surface area contributed by atoms with Crippen LogP contribution in [0.15, 0.2) is 24.4 Å². The van der Waals surface area contributed by atoms with Crippen LogP contribution in [-0.2, 0) is 0 Å². The molecule has 0 spiro atoms. The van der Waals surface area contributed by atoms with E-state index in [4.69, 9.17) is 0 Å². The quantitative estimate of drug-likeness (QED) is 0.407. The van der Waals surface area contributed by atoms with Crippen LogP contribution in [0.1, 0.15) is 27.6 Å². The van der Waals surface area contributed by atoms with Crippen molar-refractivity contribution in [2.75, 3.05) is 13.1 Å². The van der Waals surface area contributed by atoms with Crippen molar-refractivity contribution in [2.24, 2.45) is 0 Å². The molecule has 0 N–H and O–H groups in total. The Bertz CT molecular complexity index is 225. The Morgan fingerprint density at radius 3 is 2.25 bits per heavy atom. The van der Waals surface area contributed by atoms with E-state index >= 15 is 0 Å². The van der Waals surface area contributed by atoms with Crippen LogP contribution in [0.2, 0.25) is 0 Å². The second-order valence-electron chi connectivity index (χ2n) is 3.47. The molecule has 0 amide bonds.